The first-order chi connectivity index (χ1) is 10.8. The van der Waals surface area contributed by atoms with Crippen LogP contribution in [0.15, 0.2) is 39.3 Å². The van der Waals surface area contributed by atoms with E-state index in [4.69, 9.17) is 14.6 Å². The predicted molar refractivity (Wildman–Crippen MR) is 96.0 cm³/mol. The Morgan fingerprint density at radius 3 is 2.30 bits per heavy atom. The fourth-order valence-electron chi connectivity index (χ4n) is 2.13. The highest BCUT2D eigenvalue weighted by molar-refractivity contribution is 9.13. The summed E-state index contributed by atoms with van der Waals surface area (Å²) in [4.78, 5) is 11.1. The third kappa shape index (κ3) is 3.87. The number of benzene rings is 2. The van der Waals surface area contributed by atoms with Gasteiger partial charge in [-0.05, 0) is 68.1 Å². The van der Waals surface area contributed by atoms with E-state index in [2.05, 4.69) is 45.7 Å². The fourth-order valence-corrected chi connectivity index (χ4v) is 3.05. The lowest BCUT2D eigenvalue weighted by Crippen LogP contribution is -1.99. The average Bonchev–Trinajstić information content (AvgIpc) is 2.51. The molecule has 0 heterocycles. The smallest absolute Gasteiger partial charge is 0.336 e. The second kappa shape index (κ2) is 7.36. The first kappa shape index (κ1) is 17.8. The maximum atomic E-state index is 11.1. The zero-order chi connectivity index (χ0) is 17.1. The quantitative estimate of drug-likeness (QED) is 0.631. The number of hydrogen-bond donors (Lipinski definition) is 1. The van der Waals surface area contributed by atoms with Crippen LogP contribution in [0.3, 0.4) is 0 Å². The molecule has 122 valence electrons. The molecule has 0 saturated carbocycles. The van der Waals surface area contributed by atoms with Gasteiger partial charge in [0.05, 0.1) is 21.6 Å². The van der Waals surface area contributed by atoms with Crippen molar-refractivity contribution in [1.82, 2.24) is 0 Å². The summed E-state index contributed by atoms with van der Waals surface area (Å²) in [6, 6.07) is 8.72. The van der Waals surface area contributed by atoms with Gasteiger partial charge >= 0.3 is 5.97 Å². The summed E-state index contributed by atoms with van der Waals surface area (Å²) in [6.45, 7) is 4.16. The topological polar surface area (TPSA) is 55.8 Å². The number of ether oxygens (including phenoxy) is 2. The summed E-state index contributed by atoms with van der Waals surface area (Å²) in [7, 11) is 1.64. The minimum Gasteiger partial charge on any atom is -0.496 e. The van der Waals surface area contributed by atoms with Crippen LogP contribution in [0, 0.1) is 0 Å². The molecule has 0 amide bonds. The van der Waals surface area contributed by atoms with E-state index in [1.54, 1.807) is 13.2 Å². The molecular weight excluding hydrogens is 428 g/mol. The monoisotopic (exact) mass is 442 g/mol. The van der Waals surface area contributed by atoms with Gasteiger partial charge in [-0.2, -0.15) is 0 Å². The van der Waals surface area contributed by atoms with E-state index in [1.807, 2.05) is 18.2 Å². The number of hydrogen-bond acceptors (Lipinski definition) is 3. The Labute approximate surface area is 151 Å². The largest absolute Gasteiger partial charge is 0.496 e. The Morgan fingerprint density at radius 2 is 1.74 bits per heavy atom. The summed E-state index contributed by atoms with van der Waals surface area (Å²) in [5, 5.41) is 9.12. The summed E-state index contributed by atoms with van der Waals surface area (Å²) in [6.07, 6.45) is 0. The highest BCUT2D eigenvalue weighted by atomic mass is 79.9. The van der Waals surface area contributed by atoms with Crippen molar-refractivity contribution in [2.24, 2.45) is 0 Å². The molecule has 0 saturated heterocycles. The molecular formula is C17H16Br2O4. The summed E-state index contributed by atoms with van der Waals surface area (Å²) >= 11 is 6.65. The first-order valence-corrected chi connectivity index (χ1v) is 8.50. The van der Waals surface area contributed by atoms with Crippen LogP contribution in [0.2, 0.25) is 0 Å². The molecule has 2 aromatic carbocycles. The van der Waals surface area contributed by atoms with E-state index in [1.165, 1.54) is 6.07 Å². The van der Waals surface area contributed by atoms with E-state index in [0.717, 1.165) is 11.3 Å². The van der Waals surface area contributed by atoms with E-state index in [-0.39, 0.29) is 11.5 Å². The van der Waals surface area contributed by atoms with Gasteiger partial charge in [0.2, 0.25) is 0 Å². The molecule has 0 unspecified atom stereocenters. The van der Waals surface area contributed by atoms with Crippen LogP contribution in [-0.4, -0.2) is 18.2 Å². The SMILES string of the molecule is COc1ccc(Oc2ccc(C(=O)O)c(Br)c2Br)cc1C(C)C. The Morgan fingerprint density at radius 1 is 1.09 bits per heavy atom. The van der Waals surface area contributed by atoms with E-state index in [0.29, 0.717) is 20.4 Å². The van der Waals surface area contributed by atoms with Gasteiger partial charge in [0.15, 0.2) is 0 Å². The van der Waals surface area contributed by atoms with Gasteiger partial charge in [-0.1, -0.05) is 13.8 Å². The number of rotatable bonds is 5. The number of carboxylic acid groups (broad SMARTS) is 1. The maximum Gasteiger partial charge on any atom is 0.336 e. The number of carboxylic acids is 1. The Kier molecular flexibility index (Phi) is 5.70. The van der Waals surface area contributed by atoms with E-state index in [9.17, 15) is 4.79 Å². The lowest BCUT2D eigenvalue weighted by atomic mass is 10.0. The minimum absolute atomic E-state index is 0.168. The number of methoxy groups -OCH3 is 1. The molecule has 2 rings (SSSR count). The van der Waals surface area contributed by atoms with Crippen molar-refractivity contribution in [2.45, 2.75) is 19.8 Å². The molecule has 2 aromatic rings. The third-order valence-electron chi connectivity index (χ3n) is 3.33. The van der Waals surface area contributed by atoms with Crippen molar-refractivity contribution in [3.8, 4) is 17.2 Å². The number of carbonyl (C=O) groups is 1. The summed E-state index contributed by atoms with van der Waals surface area (Å²) in [5.74, 6) is 1.29. The second-order valence-corrected chi connectivity index (χ2v) is 6.79. The van der Waals surface area contributed by atoms with Crippen molar-refractivity contribution >= 4 is 37.8 Å². The van der Waals surface area contributed by atoms with Crippen LogP contribution in [0.25, 0.3) is 0 Å². The number of aromatic carboxylic acids is 1. The Balaban J connectivity index is 2.38. The van der Waals surface area contributed by atoms with Gasteiger partial charge in [-0.25, -0.2) is 4.79 Å². The van der Waals surface area contributed by atoms with Gasteiger partial charge in [0, 0.05) is 5.56 Å². The van der Waals surface area contributed by atoms with Gasteiger partial charge in [-0.15, -0.1) is 0 Å². The molecule has 0 aliphatic heterocycles. The molecule has 23 heavy (non-hydrogen) atoms. The molecule has 1 N–H and O–H groups in total. The first-order valence-electron chi connectivity index (χ1n) is 6.92. The second-order valence-electron chi connectivity index (χ2n) is 5.20. The summed E-state index contributed by atoms with van der Waals surface area (Å²) in [5.41, 5.74) is 1.21. The van der Waals surface area contributed by atoms with Crippen molar-refractivity contribution in [1.29, 1.82) is 0 Å². The lowest BCUT2D eigenvalue weighted by molar-refractivity contribution is 0.0696. The molecule has 0 bridgehead atoms. The van der Waals surface area contributed by atoms with Crippen molar-refractivity contribution in [3.05, 3.63) is 50.4 Å². The molecule has 0 radical (unpaired) electrons. The van der Waals surface area contributed by atoms with Crippen LogP contribution in [0.5, 0.6) is 17.2 Å². The normalized spacial score (nSPS) is 10.7. The molecule has 0 aromatic heterocycles. The van der Waals surface area contributed by atoms with Gasteiger partial charge in [0.1, 0.15) is 17.2 Å². The van der Waals surface area contributed by atoms with Crippen molar-refractivity contribution in [2.75, 3.05) is 7.11 Å². The molecule has 6 heteroatoms. The van der Waals surface area contributed by atoms with E-state index < -0.39 is 5.97 Å². The van der Waals surface area contributed by atoms with Crippen LogP contribution in [-0.2, 0) is 0 Å². The third-order valence-corrected chi connectivity index (χ3v) is 5.47. The van der Waals surface area contributed by atoms with Gasteiger partial charge in [0.25, 0.3) is 0 Å². The van der Waals surface area contributed by atoms with E-state index >= 15 is 0 Å². The van der Waals surface area contributed by atoms with Crippen LogP contribution in [0.1, 0.15) is 35.7 Å². The highest BCUT2D eigenvalue weighted by Gasteiger charge is 2.16. The molecule has 0 spiro atoms. The maximum absolute atomic E-state index is 11.1. The molecule has 0 aliphatic rings. The lowest BCUT2D eigenvalue weighted by Gasteiger charge is -2.15. The Hall–Kier alpha value is -1.53. The predicted octanol–water partition coefficient (Wildman–Crippen LogP) is 5.83. The Bertz CT molecular complexity index is 742. The minimum atomic E-state index is -1.00. The molecule has 0 aliphatic carbocycles. The van der Waals surface area contributed by atoms with Crippen LogP contribution < -0.4 is 9.47 Å². The summed E-state index contributed by atoms with van der Waals surface area (Å²) < 4.78 is 12.2. The fraction of sp³-hybridized carbons (Fsp3) is 0.235. The standard InChI is InChI=1S/C17H16Br2O4/c1-9(2)12-8-10(4-6-13(12)22-3)23-14-7-5-11(17(20)21)15(18)16(14)19/h4-9H,1-3H3,(H,20,21). The molecule has 4 nitrogen and oxygen atoms in total. The zero-order valence-corrected chi connectivity index (χ0v) is 16.1. The van der Waals surface area contributed by atoms with Crippen LogP contribution >= 0.6 is 31.9 Å². The van der Waals surface area contributed by atoms with Gasteiger partial charge < -0.3 is 14.6 Å². The molecule has 0 atom stereocenters. The average molecular weight is 444 g/mol. The number of halogens is 2. The van der Waals surface area contributed by atoms with Crippen LogP contribution in [0.4, 0.5) is 0 Å². The molecule has 0 fully saturated rings. The van der Waals surface area contributed by atoms with Crippen molar-refractivity contribution < 1.29 is 19.4 Å². The highest BCUT2D eigenvalue weighted by Crippen LogP contribution is 2.39. The zero-order valence-electron chi connectivity index (χ0n) is 12.9. The van der Waals surface area contributed by atoms with Gasteiger partial charge in [-0.3, -0.25) is 0 Å². The van der Waals surface area contributed by atoms with Crippen molar-refractivity contribution in [3.63, 3.8) is 0 Å².